The monoisotopic (exact) mass is 590 g/mol. The minimum Gasteiger partial charge on any atom is -0.467 e. The molecule has 3 aromatic rings. The van der Waals surface area contributed by atoms with Crippen LogP contribution in [0.5, 0.6) is 11.5 Å². The van der Waals surface area contributed by atoms with Crippen LogP contribution < -0.4 is 9.64 Å². The molecular formula is C32H34N2O9. The van der Waals surface area contributed by atoms with Crippen LogP contribution in [0.25, 0.3) is 0 Å². The van der Waals surface area contributed by atoms with Crippen molar-refractivity contribution >= 4 is 23.2 Å². The number of carbonyl (C=O) groups excluding carboxylic acids is 2. The van der Waals surface area contributed by atoms with Crippen LogP contribution in [0.1, 0.15) is 25.0 Å². The quantitative estimate of drug-likeness (QED) is 0.239. The SMILES string of the molecule is O=C1[C@H]2[C@H]3[C@H](O)[C@H](O)C/C(=N/OC[C@@H](O)COCc4ccco4)[C@@H]3CC[C@@H]2C(=O)N1c1cccc(Oc2ccccc2)c1. The maximum atomic E-state index is 13.9. The first-order valence-electron chi connectivity index (χ1n) is 14.4. The van der Waals surface area contributed by atoms with E-state index in [0.29, 0.717) is 41.5 Å². The number of hydrogen-bond donors (Lipinski definition) is 3. The van der Waals surface area contributed by atoms with E-state index in [4.69, 9.17) is 18.7 Å². The van der Waals surface area contributed by atoms with Crippen molar-refractivity contribution in [2.75, 3.05) is 18.1 Å². The van der Waals surface area contributed by atoms with Gasteiger partial charge in [-0.3, -0.25) is 9.59 Å². The third-order valence-electron chi connectivity index (χ3n) is 8.42. The van der Waals surface area contributed by atoms with Gasteiger partial charge < -0.3 is 34.0 Å². The Bertz CT molecular complexity index is 1440. The number of benzene rings is 2. The van der Waals surface area contributed by atoms with E-state index in [2.05, 4.69) is 5.16 Å². The van der Waals surface area contributed by atoms with Gasteiger partial charge in [0.25, 0.3) is 0 Å². The highest BCUT2D eigenvalue weighted by Crippen LogP contribution is 2.50. The maximum Gasteiger partial charge on any atom is 0.238 e. The molecule has 2 aromatic carbocycles. The van der Waals surface area contributed by atoms with E-state index in [-0.39, 0.29) is 38.1 Å². The zero-order valence-electron chi connectivity index (χ0n) is 23.4. The molecule has 11 heteroatoms. The first kappa shape index (κ1) is 29.1. The number of para-hydroxylation sites is 1. The number of fused-ring (bicyclic) bond motifs is 3. The molecule has 2 heterocycles. The van der Waals surface area contributed by atoms with E-state index >= 15 is 0 Å². The largest absolute Gasteiger partial charge is 0.467 e. The van der Waals surface area contributed by atoms with Crippen molar-refractivity contribution in [1.82, 2.24) is 0 Å². The Morgan fingerprint density at radius 1 is 0.930 bits per heavy atom. The van der Waals surface area contributed by atoms with Crippen LogP contribution in [0.3, 0.4) is 0 Å². The summed E-state index contributed by atoms with van der Waals surface area (Å²) >= 11 is 0. The Morgan fingerprint density at radius 3 is 2.51 bits per heavy atom. The first-order valence-corrected chi connectivity index (χ1v) is 14.4. The lowest BCUT2D eigenvalue weighted by atomic mass is 9.60. The maximum absolute atomic E-state index is 13.9. The third-order valence-corrected chi connectivity index (χ3v) is 8.42. The molecule has 1 saturated heterocycles. The summed E-state index contributed by atoms with van der Waals surface area (Å²) < 4.78 is 16.5. The highest BCUT2D eigenvalue weighted by molar-refractivity contribution is 6.22. The summed E-state index contributed by atoms with van der Waals surface area (Å²) in [5, 5.41) is 36.3. The van der Waals surface area contributed by atoms with Crippen molar-refractivity contribution < 1.29 is 43.6 Å². The molecule has 3 fully saturated rings. The number of carbonyl (C=O) groups is 2. The molecule has 2 aliphatic carbocycles. The number of aliphatic hydroxyl groups excluding tert-OH is 3. The van der Waals surface area contributed by atoms with Gasteiger partial charge in [0, 0.05) is 24.3 Å². The summed E-state index contributed by atoms with van der Waals surface area (Å²) in [5.74, 6) is -1.53. The molecule has 0 bridgehead atoms. The Balaban J connectivity index is 1.14. The van der Waals surface area contributed by atoms with Crippen LogP contribution in [0.15, 0.2) is 82.6 Å². The van der Waals surface area contributed by atoms with Crippen LogP contribution in [0, 0.1) is 23.7 Å². The van der Waals surface area contributed by atoms with E-state index in [0.717, 1.165) is 0 Å². The van der Waals surface area contributed by atoms with Gasteiger partial charge in [-0.1, -0.05) is 29.4 Å². The van der Waals surface area contributed by atoms with Gasteiger partial charge in [0.05, 0.1) is 48.3 Å². The zero-order chi connectivity index (χ0) is 29.9. The van der Waals surface area contributed by atoms with Gasteiger partial charge in [-0.05, 0) is 49.2 Å². The molecular weight excluding hydrogens is 556 g/mol. The molecule has 0 radical (unpaired) electrons. The normalized spacial score (nSPS) is 28.4. The Labute approximate surface area is 248 Å². The molecule has 6 rings (SSSR count). The predicted molar refractivity (Wildman–Crippen MR) is 153 cm³/mol. The lowest BCUT2D eigenvalue weighted by Gasteiger charge is -2.45. The smallest absolute Gasteiger partial charge is 0.238 e. The minimum absolute atomic E-state index is 0.00668. The Hall–Kier alpha value is -4.03. The number of anilines is 1. The van der Waals surface area contributed by atoms with Crippen molar-refractivity contribution in [2.45, 2.75) is 44.2 Å². The van der Waals surface area contributed by atoms with E-state index < -0.39 is 42.0 Å². The van der Waals surface area contributed by atoms with Gasteiger partial charge >= 0.3 is 0 Å². The molecule has 3 N–H and O–H groups in total. The third kappa shape index (κ3) is 6.07. The molecule has 226 valence electrons. The molecule has 1 aromatic heterocycles. The summed E-state index contributed by atoms with van der Waals surface area (Å²) in [5.41, 5.74) is 0.891. The minimum atomic E-state index is -1.21. The number of oxime groups is 1. The van der Waals surface area contributed by atoms with Gasteiger partial charge in [-0.25, -0.2) is 4.90 Å². The molecule has 7 atom stereocenters. The van der Waals surface area contributed by atoms with Gasteiger partial charge in [-0.15, -0.1) is 0 Å². The van der Waals surface area contributed by atoms with Gasteiger partial charge in [-0.2, -0.15) is 0 Å². The second-order valence-electron chi connectivity index (χ2n) is 11.2. The fourth-order valence-electron chi connectivity index (χ4n) is 6.48. The molecule has 2 amide bonds. The average molecular weight is 591 g/mol. The van der Waals surface area contributed by atoms with Gasteiger partial charge in [0.2, 0.25) is 11.8 Å². The number of hydrogen-bond acceptors (Lipinski definition) is 10. The highest BCUT2D eigenvalue weighted by atomic mass is 16.6. The summed E-state index contributed by atoms with van der Waals surface area (Å²) in [6.45, 7) is 0.0755. The number of imide groups is 1. The van der Waals surface area contributed by atoms with Gasteiger partial charge in [0.1, 0.15) is 36.6 Å². The standard InChI is InChI=1S/C32H34N2O9/c35-20(16-40-18-23-10-5-13-41-23)17-42-33-26-15-27(36)30(37)28-24(26)11-12-25-29(28)32(39)34(31(25)38)19-6-4-9-22(14-19)43-21-7-2-1-3-8-21/h1-10,13-14,20,24-25,27-30,35-37H,11-12,15-18H2/b33-26-/t20-,24-,25-,27+,28-,29+,30+/m0/s1. The molecule has 3 aliphatic rings. The fourth-order valence-corrected chi connectivity index (χ4v) is 6.48. The van der Waals surface area contributed by atoms with Crippen molar-refractivity contribution in [1.29, 1.82) is 0 Å². The van der Waals surface area contributed by atoms with E-state index in [1.165, 1.54) is 11.2 Å². The summed E-state index contributed by atoms with van der Waals surface area (Å²) in [4.78, 5) is 34.1. The molecule has 0 unspecified atom stereocenters. The Kier molecular flexibility index (Phi) is 8.57. The molecule has 2 saturated carbocycles. The molecule has 11 nitrogen and oxygen atoms in total. The van der Waals surface area contributed by atoms with Crippen molar-refractivity contribution in [3.05, 3.63) is 78.8 Å². The second-order valence-corrected chi connectivity index (χ2v) is 11.2. The lowest BCUT2D eigenvalue weighted by molar-refractivity contribution is -0.132. The molecule has 0 spiro atoms. The number of ether oxygens (including phenoxy) is 2. The van der Waals surface area contributed by atoms with E-state index in [1.54, 1.807) is 36.4 Å². The Morgan fingerprint density at radius 2 is 1.72 bits per heavy atom. The molecule has 43 heavy (non-hydrogen) atoms. The topological polar surface area (TPSA) is 151 Å². The van der Waals surface area contributed by atoms with Crippen LogP contribution in [-0.4, -0.2) is 64.4 Å². The van der Waals surface area contributed by atoms with Crippen LogP contribution in [0.4, 0.5) is 5.69 Å². The fraction of sp³-hybridized carbons (Fsp3) is 0.406. The first-order chi connectivity index (χ1) is 20.9. The van der Waals surface area contributed by atoms with Crippen molar-refractivity contribution in [2.24, 2.45) is 28.8 Å². The van der Waals surface area contributed by atoms with Crippen LogP contribution >= 0.6 is 0 Å². The number of furan rings is 1. The number of aliphatic hydroxyl groups is 3. The summed E-state index contributed by atoms with van der Waals surface area (Å²) in [7, 11) is 0. The summed E-state index contributed by atoms with van der Waals surface area (Å²) in [6, 6.07) is 19.5. The zero-order valence-corrected chi connectivity index (χ0v) is 23.4. The molecule has 1 aliphatic heterocycles. The highest BCUT2D eigenvalue weighted by Gasteiger charge is 2.60. The predicted octanol–water partition coefficient (Wildman–Crippen LogP) is 3.28. The van der Waals surface area contributed by atoms with E-state index in [1.807, 2.05) is 30.3 Å². The van der Waals surface area contributed by atoms with Crippen LogP contribution in [-0.2, 0) is 25.8 Å². The van der Waals surface area contributed by atoms with Crippen molar-refractivity contribution in [3.8, 4) is 11.5 Å². The van der Waals surface area contributed by atoms with Crippen LogP contribution in [0.2, 0.25) is 0 Å². The number of nitrogens with zero attached hydrogens (tertiary/aromatic N) is 2. The van der Waals surface area contributed by atoms with Crippen molar-refractivity contribution in [3.63, 3.8) is 0 Å². The summed E-state index contributed by atoms with van der Waals surface area (Å²) in [6.07, 6.45) is -0.805. The number of rotatable bonds is 10. The number of amides is 2. The average Bonchev–Trinajstić information content (AvgIpc) is 3.62. The van der Waals surface area contributed by atoms with E-state index in [9.17, 15) is 24.9 Å². The van der Waals surface area contributed by atoms with Gasteiger partial charge in [0.15, 0.2) is 0 Å². The second kappa shape index (κ2) is 12.7. The lowest BCUT2D eigenvalue weighted by Crippen LogP contribution is -2.54.